The van der Waals surface area contributed by atoms with Crippen molar-refractivity contribution in [1.29, 1.82) is 0 Å². The predicted octanol–water partition coefficient (Wildman–Crippen LogP) is 3.44. The van der Waals surface area contributed by atoms with Crippen LogP contribution < -0.4 is 0 Å². The van der Waals surface area contributed by atoms with Crippen LogP contribution >= 0.6 is 0 Å². The summed E-state index contributed by atoms with van der Waals surface area (Å²) in [5.41, 5.74) is 1.46. The highest BCUT2D eigenvalue weighted by Gasteiger charge is 2.35. The molecule has 3 rings (SSSR count). The Morgan fingerprint density at radius 3 is 2.91 bits per heavy atom. The Balaban J connectivity index is 1.63. The molecule has 1 fully saturated rings. The second-order valence-electron chi connectivity index (χ2n) is 7.31. The summed E-state index contributed by atoms with van der Waals surface area (Å²) >= 11 is 0. The summed E-state index contributed by atoms with van der Waals surface area (Å²) in [7, 11) is 0. The number of rotatable bonds is 3. The van der Waals surface area contributed by atoms with Crippen molar-refractivity contribution in [3.63, 3.8) is 0 Å². The molecule has 0 spiro atoms. The minimum atomic E-state index is -0.521. The molecule has 6 atom stereocenters. The number of fused-ring (bicyclic) bond motifs is 1. The van der Waals surface area contributed by atoms with Gasteiger partial charge in [-0.05, 0) is 54.9 Å². The largest absolute Gasteiger partial charge is 0.462 e. The van der Waals surface area contributed by atoms with E-state index in [1.165, 1.54) is 5.57 Å². The molecule has 1 N–H and O–H groups in total. The minimum absolute atomic E-state index is 0.107. The maximum Gasteiger partial charge on any atom is 0.308 e. The number of allylic oxidation sites excluding steroid dienone is 4. The molecule has 2 aliphatic carbocycles. The van der Waals surface area contributed by atoms with Gasteiger partial charge in [-0.3, -0.25) is 4.79 Å². The standard InChI is InChI=1S/C19H27O3/c1-12-3-7-18-14(9-12)5-4-13(2)17(18)8-6-16-10-15(20)11-19(21)22-16/h4-5,7,9,12-13,15-18,20H,3,6,8,10-11H2,1-2H3/t12?,13?,15-,16-,17?,18?/m1/s1. The molecule has 22 heavy (non-hydrogen) atoms. The van der Waals surface area contributed by atoms with Crippen LogP contribution in [0.3, 0.4) is 0 Å². The lowest BCUT2D eigenvalue weighted by atomic mass is 9.66. The first-order chi connectivity index (χ1) is 10.5. The van der Waals surface area contributed by atoms with Gasteiger partial charge < -0.3 is 9.84 Å². The summed E-state index contributed by atoms with van der Waals surface area (Å²) in [4.78, 5) is 11.5. The van der Waals surface area contributed by atoms with Crippen LogP contribution in [0.5, 0.6) is 0 Å². The first-order valence-electron chi connectivity index (χ1n) is 8.63. The molecule has 4 unspecified atom stereocenters. The van der Waals surface area contributed by atoms with Crippen LogP contribution in [-0.2, 0) is 9.53 Å². The van der Waals surface area contributed by atoms with Gasteiger partial charge in [0.2, 0.25) is 0 Å². The van der Waals surface area contributed by atoms with E-state index in [9.17, 15) is 9.90 Å². The van der Waals surface area contributed by atoms with Crippen molar-refractivity contribution in [2.45, 2.75) is 58.2 Å². The third-order valence-electron chi connectivity index (χ3n) is 5.41. The predicted molar refractivity (Wildman–Crippen MR) is 85.8 cm³/mol. The van der Waals surface area contributed by atoms with Gasteiger partial charge in [0.15, 0.2) is 0 Å². The molecule has 0 bridgehead atoms. The van der Waals surface area contributed by atoms with Gasteiger partial charge in [-0.1, -0.05) is 32.1 Å². The van der Waals surface area contributed by atoms with Crippen LogP contribution in [0.4, 0.5) is 0 Å². The summed E-state index contributed by atoms with van der Waals surface area (Å²) in [5, 5.41) is 9.73. The number of ether oxygens (including phenoxy) is 1. The first kappa shape index (κ1) is 15.8. The zero-order valence-electron chi connectivity index (χ0n) is 13.6. The fourth-order valence-electron chi connectivity index (χ4n) is 4.19. The third-order valence-corrected chi connectivity index (χ3v) is 5.41. The minimum Gasteiger partial charge on any atom is -0.462 e. The Bertz CT molecular complexity index is 479. The maximum absolute atomic E-state index is 11.5. The quantitative estimate of drug-likeness (QED) is 0.812. The Hall–Kier alpha value is -1.09. The number of hydrogen-bond acceptors (Lipinski definition) is 3. The summed E-state index contributed by atoms with van der Waals surface area (Å²) in [6.07, 6.45) is 12.7. The van der Waals surface area contributed by atoms with Gasteiger partial charge in [0.1, 0.15) is 6.10 Å². The van der Waals surface area contributed by atoms with Gasteiger partial charge in [0.25, 0.3) is 0 Å². The van der Waals surface area contributed by atoms with Crippen LogP contribution in [0.1, 0.15) is 46.0 Å². The molecule has 1 aliphatic heterocycles. The van der Waals surface area contributed by atoms with E-state index in [2.05, 4.69) is 38.5 Å². The summed E-state index contributed by atoms with van der Waals surface area (Å²) in [6, 6.07) is 0. The van der Waals surface area contributed by atoms with Crippen molar-refractivity contribution in [1.82, 2.24) is 0 Å². The third kappa shape index (κ3) is 3.45. The lowest BCUT2D eigenvalue weighted by Crippen LogP contribution is -2.34. The highest BCUT2D eigenvalue weighted by atomic mass is 16.5. The van der Waals surface area contributed by atoms with E-state index in [0.717, 1.165) is 19.3 Å². The van der Waals surface area contributed by atoms with Crippen LogP contribution in [0.2, 0.25) is 0 Å². The summed E-state index contributed by atoms with van der Waals surface area (Å²) in [6.45, 7) is 4.55. The second-order valence-corrected chi connectivity index (χ2v) is 7.31. The molecule has 3 nitrogen and oxygen atoms in total. The molecule has 3 heteroatoms. The van der Waals surface area contributed by atoms with Crippen LogP contribution in [0.15, 0.2) is 23.8 Å². The smallest absolute Gasteiger partial charge is 0.308 e. The zero-order chi connectivity index (χ0) is 15.7. The average Bonchev–Trinajstić information content (AvgIpc) is 2.45. The van der Waals surface area contributed by atoms with E-state index in [1.54, 1.807) is 0 Å². The number of carbonyl (C=O) groups excluding carboxylic acids is 1. The number of aliphatic hydroxyl groups is 1. The fourth-order valence-corrected chi connectivity index (χ4v) is 4.19. The molecule has 121 valence electrons. The van der Waals surface area contributed by atoms with Gasteiger partial charge in [-0.2, -0.15) is 0 Å². The number of cyclic esters (lactones) is 1. The molecule has 0 amide bonds. The zero-order valence-corrected chi connectivity index (χ0v) is 13.6. The molecule has 0 aromatic heterocycles. The lowest BCUT2D eigenvalue weighted by Gasteiger charge is -2.39. The van der Waals surface area contributed by atoms with E-state index < -0.39 is 6.10 Å². The summed E-state index contributed by atoms with van der Waals surface area (Å²) in [5.74, 6) is 2.07. The second kappa shape index (κ2) is 6.57. The topological polar surface area (TPSA) is 46.5 Å². The number of carbonyl (C=O) groups is 1. The molecule has 0 aromatic rings. The van der Waals surface area contributed by atoms with E-state index in [0.29, 0.717) is 30.1 Å². The Labute approximate surface area is 133 Å². The molecule has 3 aliphatic rings. The van der Waals surface area contributed by atoms with Gasteiger partial charge in [0, 0.05) is 6.42 Å². The average molecular weight is 303 g/mol. The molecule has 1 radical (unpaired) electrons. The maximum atomic E-state index is 11.5. The number of aliphatic hydroxyl groups excluding tert-OH is 1. The molecule has 1 saturated heterocycles. The van der Waals surface area contributed by atoms with Crippen molar-refractivity contribution in [3.05, 3.63) is 30.2 Å². The summed E-state index contributed by atoms with van der Waals surface area (Å²) < 4.78 is 5.39. The van der Waals surface area contributed by atoms with Crippen molar-refractivity contribution >= 4 is 5.97 Å². The van der Waals surface area contributed by atoms with Crippen molar-refractivity contribution < 1.29 is 14.6 Å². The van der Waals surface area contributed by atoms with E-state index in [1.807, 2.05) is 0 Å². The number of hydrogen-bond donors (Lipinski definition) is 1. The first-order valence-corrected chi connectivity index (χ1v) is 8.63. The highest BCUT2D eigenvalue weighted by Crippen LogP contribution is 2.43. The van der Waals surface area contributed by atoms with Crippen molar-refractivity contribution in [3.8, 4) is 0 Å². The fraction of sp³-hybridized carbons (Fsp3) is 0.684. The van der Waals surface area contributed by atoms with E-state index in [-0.39, 0.29) is 18.5 Å². The molecule has 0 saturated carbocycles. The highest BCUT2D eigenvalue weighted by molar-refractivity contribution is 5.70. The Morgan fingerprint density at radius 2 is 2.14 bits per heavy atom. The molecule has 0 aromatic carbocycles. The van der Waals surface area contributed by atoms with Crippen LogP contribution in [-0.4, -0.2) is 23.3 Å². The molecular formula is C19H27O3. The SMILES string of the molecule is CC1C=C2C=CC(C)C(CC[C@@H]3C[C@@H](O)CC(=O)O3)C2[CH]C1. The Kier molecular flexibility index (Phi) is 4.72. The normalized spacial score (nSPS) is 41.6. The van der Waals surface area contributed by atoms with Crippen LogP contribution in [0, 0.1) is 30.1 Å². The van der Waals surface area contributed by atoms with Crippen molar-refractivity contribution in [2.75, 3.05) is 0 Å². The Morgan fingerprint density at radius 1 is 1.32 bits per heavy atom. The van der Waals surface area contributed by atoms with E-state index >= 15 is 0 Å². The van der Waals surface area contributed by atoms with Gasteiger partial charge in [-0.25, -0.2) is 0 Å². The van der Waals surface area contributed by atoms with Gasteiger partial charge in [0.05, 0.1) is 12.5 Å². The van der Waals surface area contributed by atoms with E-state index in [4.69, 9.17) is 4.74 Å². The molecular weight excluding hydrogens is 276 g/mol. The molecule has 1 heterocycles. The van der Waals surface area contributed by atoms with Crippen molar-refractivity contribution in [2.24, 2.45) is 23.7 Å². The van der Waals surface area contributed by atoms with Gasteiger partial charge in [-0.15, -0.1) is 0 Å². The van der Waals surface area contributed by atoms with Crippen LogP contribution in [0.25, 0.3) is 0 Å². The lowest BCUT2D eigenvalue weighted by molar-refractivity contribution is -0.160. The monoisotopic (exact) mass is 303 g/mol. The number of esters is 1. The van der Waals surface area contributed by atoms with Gasteiger partial charge >= 0.3 is 5.97 Å².